The second-order valence-corrected chi connectivity index (χ2v) is 7.78. The summed E-state index contributed by atoms with van der Waals surface area (Å²) in [6.07, 6.45) is 1.92. The molecule has 4 rings (SSSR count). The van der Waals surface area contributed by atoms with Gasteiger partial charge in [0.2, 0.25) is 0 Å². The Morgan fingerprint density at radius 3 is 2.62 bits per heavy atom. The molecule has 0 spiro atoms. The number of hydrogen-bond acceptors (Lipinski definition) is 4. The summed E-state index contributed by atoms with van der Waals surface area (Å²) in [5, 5.41) is 5.05. The highest BCUT2D eigenvalue weighted by Crippen LogP contribution is 2.32. The van der Waals surface area contributed by atoms with E-state index in [-0.39, 0.29) is 0 Å². The fourth-order valence-corrected chi connectivity index (χ4v) is 3.94. The van der Waals surface area contributed by atoms with Crippen LogP contribution in [0.3, 0.4) is 0 Å². The predicted molar refractivity (Wildman–Crippen MR) is 116 cm³/mol. The van der Waals surface area contributed by atoms with Crippen molar-refractivity contribution in [1.82, 2.24) is 4.98 Å². The van der Waals surface area contributed by atoms with Crippen molar-refractivity contribution < 1.29 is 0 Å². The minimum atomic E-state index is 0.629. The molecule has 0 aliphatic heterocycles. The lowest BCUT2D eigenvalue weighted by atomic mass is 10.1. The van der Waals surface area contributed by atoms with Crippen LogP contribution in [0.4, 0.5) is 5.69 Å². The van der Waals surface area contributed by atoms with Crippen LogP contribution in [-0.2, 0) is 0 Å². The van der Waals surface area contributed by atoms with E-state index in [0.717, 1.165) is 42.5 Å². The molecule has 0 aliphatic rings. The summed E-state index contributed by atoms with van der Waals surface area (Å²) in [7, 11) is 0. The first-order valence-electron chi connectivity index (χ1n) is 8.00. The van der Waals surface area contributed by atoms with Crippen molar-refractivity contribution in [3.05, 3.63) is 83.3 Å². The molecule has 2 aromatic heterocycles. The molecule has 0 fully saturated rings. The molecular weight excluding hydrogens is 380 g/mol. The van der Waals surface area contributed by atoms with Gasteiger partial charge in [0.25, 0.3) is 0 Å². The largest absolute Gasteiger partial charge is 0.355 e. The maximum atomic E-state index is 6.02. The van der Waals surface area contributed by atoms with Crippen LogP contribution in [0.1, 0.15) is 4.88 Å². The molecule has 5 heteroatoms. The maximum absolute atomic E-state index is 6.02. The fraction of sp³-hybridized carbons (Fsp3) is 0. The van der Waals surface area contributed by atoms with E-state index in [1.54, 1.807) is 11.3 Å². The van der Waals surface area contributed by atoms with Gasteiger partial charge in [-0.1, -0.05) is 48.5 Å². The number of hydrogen-bond donors (Lipinski definition) is 2. The molecule has 26 heavy (non-hydrogen) atoms. The summed E-state index contributed by atoms with van der Waals surface area (Å²) in [6, 6.07) is 20.2. The molecule has 0 saturated carbocycles. The first-order chi connectivity index (χ1) is 12.6. The molecule has 4 aromatic rings. The molecule has 0 unspecified atom stereocenters. The highest BCUT2D eigenvalue weighted by molar-refractivity contribution is 7.80. The predicted octanol–water partition coefficient (Wildman–Crippen LogP) is 6.99. The molecule has 1 N–H and O–H groups in total. The van der Waals surface area contributed by atoms with E-state index in [1.807, 2.05) is 42.6 Å². The average molecular weight is 395 g/mol. The molecular formula is C21H15ClN2S2. The molecule has 128 valence electrons. The van der Waals surface area contributed by atoms with E-state index in [1.165, 1.54) is 0 Å². The van der Waals surface area contributed by atoms with Crippen LogP contribution in [0, 0.1) is 0 Å². The second kappa shape index (κ2) is 7.16. The Morgan fingerprint density at radius 2 is 1.85 bits per heavy atom. The van der Waals surface area contributed by atoms with Gasteiger partial charge in [0.05, 0.1) is 9.90 Å². The van der Waals surface area contributed by atoms with Crippen molar-refractivity contribution in [1.29, 1.82) is 0 Å². The topological polar surface area (TPSA) is 24.9 Å². The number of nitrogens with zero attached hydrogens (tertiary/aromatic N) is 1. The van der Waals surface area contributed by atoms with E-state index in [9.17, 15) is 0 Å². The van der Waals surface area contributed by atoms with Crippen LogP contribution in [0.5, 0.6) is 0 Å². The summed E-state index contributed by atoms with van der Waals surface area (Å²) in [5.74, 6) is 0. The molecule has 2 heterocycles. The van der Waals surface area contributed by atoms with Gasteiger partial charge in [0.15, 0.2) is 0 Å². The van der Waals surface area contributed by atoms with Gasteiger partial charge in [0.1, 0.15) is 4.83 Å². The van der Waals surface area contributed by atoms with Crippen LogP contribution in [0.15, 0.2) is 78.3 Å². The molecule has 0 aliphatic carbocycles. The number of halogens is 1. The Kier molecular flexibility index (Phi) is 4.72. The molecule has 0 bridgehead atoms. The quantitative estimate of drug-likeness (QED) is 0.364. The van der Waals surface area contributed by atoms with Crippen molar-refractivity contribution in [2.24, 2.45) is 0 Å². The van der Waals surface area contributed by atoms with Crippen LogP contribution in [-0.4, -0.2) is 4.98 Å². The Balaban J connectivity index is 1.62. The van der Waals surface area contributed by atoms with Gasteiger partial charge in [-0.15, -0.1) is 24.0 Å². The first kappa shape index (κ1) is 17.2. The third-order valence-corrected chi connectivity index (χ3v) is 5.97. The monoisotopic (exact) mass is 394 g/mol. The number of rotatable bonds is 4. The Hall–Kier alpha value is -2.27. The summed E-state index contributed by atoms with van der Waals surface area (Å²) in [6.45, 7) is 4.16. The minimum Gasteiger partial charge on any atom is -0.355 e. The van der Waals surface area contributed by atoms with Crippen molar-refractivity contribution in [3.8, 4) is 11.1 Å². The molecule has 0 atom stereocenters. The van der Waals surface area contributed by atoms with Gasteiger partial charge < -0.3 is 5.32 Å². The van der Waals surface area contributed by atoms with Crippen LogP contribution < -0.4 is 5.32 Å². The van der Waals surface area contributed by atoms with Gasteiger partial charge in [-0.2, -0.15) is 0 Å². The van der Waals surface area contributed by atoms with Crippen LogP contribution >= 0.6 is 35.6 Å². The number of thiophene rings is 1. The first-order valence-corrected chi connectivity index (χ1v) is 9.64. The zero-order valence-corrected chi connectivity index (χ0v) is 16.2. The standard InChI is InChI=1S/C21H15ClN2S2/c1-13(24-17-7-8-18(22)19(25)11-17)20-10-15-9-16(12-23-21(15)26-20)14-5-3-2-4-6-14/h2-12,24-25H,1H2. The third kappa shape index (κ3) is 3.49. The highest BCUT2D eigenvalue weighted by Gasteiger charge is 2.09. The molecule has 0 radical (unpaired) electrons. The minimum absolute atomic E-state index is 0.629. The van der Waals surface area contributed by atoms with E-state index < -0.39 is 0 Å². The Morgan fingerprint density at radius 1 is 1.04 bits per heavy atom. The maximum Gasteiger partial charge on any atom is 0.123 e. The summed E-state index contributed by atoms with van der Waals surface area (Å²) < 4.78 is 0. The zero-order chi connectivity index (χ0) is 18.1. The van der Waals surface area contributed by atoms with Crippen molar-refractivity contribution in [2.45, 2.75) is 4.90 Å². The lowest BCUT2D eigenvalue weighted by Gasteiger charge is -2.08. The van der Waals surface area contributed by atoms with Gasteiger partial charge in [-0.05, 0) is 35.9 Å². The number of aromatic nitrogens is 1. The number of nitrogens with one attached hydrogen (secondary N) is 1. The lowest BCUT2D eigenvalue weighted by Crippen LogP contribution is -1.95. The Bertz CT molecular complexity index is 1100. The van der Waals surface area contributed by atoms with E-state index in [2.05, 4.69) is 53.8 Å². The molecule has 0 amide bonds. The van der Waals surface area contributed by atoms with Crippen molar-refractivity contribution in [3.63, 3.8) is 0 Å². The average Bonchev–Trinajstić information content (AvgIpc) is 3.09. The second-order valence-electron chi connectivity index (χ2n) is 5.86. The molecule has 2 aromatic carbocycles. The molecule has 0 saturated heterocycles. The number of benzene rings is 2. The normalized spacial score (nSPS) is 10.8. The Labute approximate surface area is 166 Å². The molecule has 2 nitrogen and oxygen atoms in total. The zero-order valence-electron chi connectivity index (χ0n) is 13.7. The fourth-order valence-electron chi connectivity index (χ4n) is 2.70. The number of pyridine rings is 1. The highest BCUT2D eigenvalue weighted by atomic mass is 35.5. The van der Waals surface area contributed by atoms with Crippen LogP contribution in [0.2, 0.25) is 5.02 Å². The number of fused-ring (bicyclic) bond motifs is 1. The van der Waals surface area contributed by atoms with Gasteiger partial charge >= 0.3 is 0 Å². The SMILES string of the molecule is C=C(Nc1ccc(Cl)c(S)c1)c1cc2cc(-c3ccccc3)cnc2s1. The lowest BCUT2D eigenvalue weighted by molar-refractivity contribution is 1.44. The number of thiol groups is 1. The van der Waals surface area contributed by atoms with Gasteiger partial charge in [-0.3, -0.25) is 0 Å². The number of anilines is 1. The van der Waals surface area contributed by atoms with E-state index in [4.69, 9.17) is 11.6 Å². The van der Waals surface area contributed by atoms with Crippen molar-refractivity contribution in [2.75, 3.05) is 5.32 Å². The summed E-state index contributed by atoms with van der Waals surface area (Å²) in [4.78, 5) is 7.39. The van der Waals surface area contributed by atoms with Gasteiger partial charge in [0, 0.05) is 33.4 Å². The smallest absolute Gasteiger partial charge is 0.123 e. The van der Waals surface area contributed by atoms with Crippen LogP contribution in [0.25, 0.3) is 27.0 Å². The third-order valence-electron chi connectivity index (χ3n) is 4.02. The van der Waals surface area contributed by atoms with E-state index in [0.29, 0.717) is 5.02 Å². The van der Waals surface area contributed by atoms with Crippen molar-refractivity contribution >= 4 is 57.2 Å². The van der Waals surface area contributed by atoms with Gasteiger partial charge in [-0.25, -0.2) is 4.98 Å². The van der Waals surface area contributed by atoms with E-state index >= 15 is 0 Å². The summed E-state index contributed by atoms with van der Waals surface area (Å²) in [5.41, 5.74) is 4.00. The summed E-state index contributed by atoms with van der Waals surface area (Å²) >= 11 is 12.0.